The van der Waals surface area contributed by atoms with Gasteiger partial charge in [-0.15, -0.1) is 0 Å². The molecule has 2 heterocycles. The van der Waals surface area contributed by atoms with Crippen LogP contribution in [0, 0.1) is 17.8 Å². The Morgan fingerprint density at radius 1 is 1.36 bits per heavy atom. The smallest absolute Gasteiger partial charge is 0.418 e. The van der Waals surface area contributed by atoms with Gasteiger partial charge in [0.05, 0.1) is 11.0 Å². The number of hydrogen-bond donors (Lipinski definition) is 0. The third-order valence-corrected chi connectivity index (χ3v) is 4.87. The maximum absolute atomic E-state index is 12.6. The zero-order chi connectivity index (χ0) is 15.7. The van der Waals surface area contributed by atoms with Crippen LogP contribution in [0.2, 0.25) is 0 Å². The largest absolute Gasteiger partial charge is 0.445 e. The maximum Gasteiger partial charge on any atom is 0.418 e. The van der Waals surface area contributed by atoms with Gasteiger partial charge >= 0.3 is 6.09 Å². The van der Waals surface area contributed by atoms with Gasteiger partial charge in [0.1, 0.15) is 6.10 Å². The van der Waals surface area contributed by atoms with Crippen LogP contribution in [-0.2, 0) is 4.74 Å². The minimum atomic E-state index is -0.284. The first-order valence-corrected chi connectivity index (χ1v) is 8.19. The molecule has 3 rings (SSSR count). The molecule has 4 nitrogen and oxygen atoms in total. The lowest BCUT2D eigenvalue weighted by Crippen LogP contribution is -2.36. The van der Waals surface area contributed by atoms with Gasteiger partial charge in [-0.2, -0.15) is 0 Å². The van der Waals surface area contributed by atoms with Crippen molar-refractivity contribution in [2.24, 2.45) is 17.8 Å². The van der Waals surface area contributed by atoms with Gasteiger partial charge < -0.3 is 4.74 Å². The van der Waals surface area contributed by atoms with Crippen molar-refractivity contribution < 1.29 is 9.53 Å². The molecule has 2 aromatic rings. The predicted molar refractivity (Wildman–Crippen MR) is 86.7 cm³/mol. The number of ether oxygens (including phenoxy) is 1. The Balaban J connectivity index is 1.80. The van der Waals surface area contributed by atoms with Crippen LogP contribution in [-0.4, -0.2) is 21.7 Å². The van der Waals surface area contributed by atoms with Gasteiger partial charge in [0.25, 0.3) is 0 Å². The van der Waals surface area contributed by atoms with Gasteiger partial charge in [-0.05, 0) is 48.8 Å². The van der Waals surface area contributed by atoms with Gasteiger partial charge in [-0.25, -0.2) is 4.79 Å². The number of hydrogen-bond acceptors (Lipinski definition) is 3. The highest BCUT2D eigenvalue weighted by molar-refractivity contribution is 5.87. The van der Waals surface area contributed by atoms with Crippen molar-refractivity contribution in [3.8, 4) is 0 Å². The van der Waals surface area contributed by atoms with Crippen molar-refractivity contribution in [3.63, 3.8) is 0 Å². The Morgan fingerprint density at radius 2 is 2.18 bits per heavy atom. The Hall–Kier alpha value is -1.84. The van der Waals surface area contributed by atoms with Gasteiger partial charge in [0.15, 0.2) is 0 Å². The number of carbonyl (C=O) groups excluding carboxylic acids is 1. The molecule has 118 valence electrons. The van der Waals surface area contributed by atoms with Gasteiger partial charge in [-0.3, -0.25) is 9.55 Å². The third kappa shape index (κ3) is 2.87. The van der Waals surface area contributed by atoms with Gasteiger partial charge in [-0.1, -0.05) is 27.2 Å². The van der Waals surface area contributed by atoms with Crippen LogP contribution in [0.3, 0.4) is 0 Å². The number of aromatic nitrogens is 2. The SMILES string of the molecule is CC(C)[C@@H]1CC[C@@H](C)C[C@H]1OC(=O)n1ccc2ncccc21. The first-order valence-electron chi connectivity index (χ1n) is 8.19. The number of rotatable bonds is 2. The molecule has 0 aliphatic heterocycles. The van der Waals surface area contributed by atoms with Crippen LogP contribution in [0.4, 0.5) is 4.79 Å². The molecule has 0 radical (unpaired) electrons. The molecule has 0 saturated heterocycles. The molecular weight excluding hydrogens is 276 g/mol. The van der Waals surface area contributed by atoms with E-state index in [4.69, 9.17) is 4.74 Å². The molecule has 2 aromatic heterocycles. The molecule has 4 heteroatoms. The van der Waals surface area contributed by atoms with Crippen LogP contribution in [0.15, 0.2) is 30.6 Å². The molecule has 1 fully saturated rings. The van der Waals surface area contributed by atoms with Crippen molar-refractivity contribution in [2.75, 3.05) is 0 Å². The third-order valence-electron chi connectivity index (χ3n) is 4.87. The molecule has 1 aliphatic rings. The van der Waals surface area contributed by atoms with Crippen molar-refractivity contribution in [1.29, 1.82) is 0 Å². The molecule has 0 unspecified atom stereocenters. The Bertz CT molecular complexity index is 662. The lowest BCUT2D eigenvalue weighted by Gasteiger charge is -2.36. The number of nitrogens with zero attached hydrogens (tertiary/aromatic N) is 2. The van der Waals surface area contributed by atoms with E-state index < -0.39 is 0 Å². The fraction of sp³-hybridized carbons (Fsp3) is 0.556. The summed E-state index contributed by atoms with van der Waals surface area (Å²) < 4.78 is 7.45. The molecule has 22 heavy (non-hydrogen) atoms. The Morgan fingerprint density at radius 3 is 2.95 bits per heavy atom. The van der Waals surface area contributed by atoms with E-state index >= 15 is 0 Å². The summed E-state index contributed by atoms with van der Waals surface area (Å²) in [4.78, 5) is 16.8. The first-order chi connectivity index (χ1) is 10.6. The fourth-order valence-electron chi connectivity index (χ4n) is 3.56. The normalized spacial score (nSPS) is 25.5. The summed E-state index contributed by atoms with van der Waals surface area (Å²) in [6.45, 7) is 6.68. The zero-order valence-electron chi connectivity index (χ0n) is 13.5. The highest BCUT2D eigenvalue weighted by atomic mass is 16.6. The quantitative estimate of drug-likeness (QED) is 0.821. The van der Waals surface area contributed by atoms with Crippen LogP contribution in [0.25, 0.3) is 11.0 Å². The summed E-state index contributed by atoms with van der Waals surface area (Å²) in [5.41, 5.74) is 1.62. The summed E-state index contributed by atoms with van der Waals surface area (Å²) in [6, 6.07) is 5.58. The highest BCUT2D eigenvalue weighted by Gasteiger charge is 2.33. The molecule has 0 spiro atoms. The summed E-state index contributed by atoms with van der Waals surface area (Å²) in [5, 5.41) is 0. The van der Waals surface area contributed by atoms with Crippen molar-refractivity contribution >= 4 is 17.1 Å². The standard InChI is InChI=1S/C18H24N2O2/c1-12(2)14-7-6-13(3)11-17(14)22-18(21)20-10-8-15-16(20)5-4-9-19-15/h4-5,8-10,12-14,17H,6-7,11H2,1-3H3/t13-,14+,17-/m1/s1. The molecule has 3 atom stereocenters. The molecular formula is C18H24N2O2. The van der Waals surface area contributed by atoms with Gasteiger partial charge in [0.2, 0.25) is 0 Å². The zero-order valence-corrected chi connectivity index (χ0v) is 13.5. The Kier molecular flexibility index (Phi) is 4.19. The second kappa shape index (κ2) is 6.11. The van der Waals surface area contributed by atoms with E-state index in [1.54, 1.807) is 17.0 Å². The van der Waals surface area contributed by atoms with E-state index in [0.29, 0.717) is 17.8 Å². The van der Waals surface area contributed by atoms with Crippen LogP contribution >= 0.6 is 0 Å². The molecule has 1 saturated carbocycles. The van der Waals surface area contributed by atoms with Gasteiger partial charge in [0, 0.05) is 12.4 Å². The predicted octanol–water partition coefficient (Wildman–Crippen LogP) is 4.48. The molecule has 0 N–H and O–H groups in total. The van der Waals surface area contributed by atoms with E-state index in [2.05, 4.69) is 25.8 Å². The van der Waals surface area contributed by atoms with E-state index in [-0.39, 0.29) is 12.2 Å². The summed E-state index contributed by atoms with van der Waals surface area (Å²) in [6.07, 6.45) is 6.55. The lowest BCUT2D eigenvalue weighted by atomic mass is 9.75. The topological polar surface area (TPSA) is 44.1 Å². The van der Waals surface area contributed by atoms with Crippen LogP contribution < -0.4 is 0 Å². The number of carbonyl (C=O) groups is 1. The van der Waals surface area contributed by atoms with E-state index in [1.165, 1.54) is 6.42 Å². The second-order valence-corrected chi connectivity index (χ2v) is 6.84. The monoisotopic (exact) mass is 300 g/mol. The molecule has 0 aromatic carbocycles. The Labute approximate surface area is 131 Å². The number of pyridine rings is 1. The molecule has 0 amide bonds. The van der Waals surface area contributed by atoms with Crippen LogP contribution in [0.1, 0.15) is 40.0 Å². The lowest BCUT2D eigenvalue weighted by molar-refractivity contribution is 0.00719. The average Bonchev–Trinajstić information content (AvgIpc) is 2.91. The van der Waals surface area contributed by atoms with E-state index in [0.717, 1.165) is 23.9 Å². The van der Waals surface area contributed by atoms with Crippen LogP contribution in [0.5, 0.6) is 0 Å². The number of fused-ring (bicyclic) bond motifs is 1. The highest BCUT2D eigenvalue weighted by Crippen LogP contribution is 2.35. The molecule has 0 bridgehead atoms. The summed E-state index contributed by atoms with van der Waals surface area (Å²) in [7, 11) is 0. The van der Waals surface area contributed by atoms with Crippen molar-refractivity contribution in [3.05, 3.63) is 30.6 Å². The first kappa shape index (κ1) is 15.1. The minimum absolute atomic E-state index is 0.0189. The van der Waals surface area contributed by atoms with E-state index in [9.17, 15) is 4.79 Å². The summed E-state index contributed by atoms with van der Waals surface area (Å²) in [5.74, 6) is 1.62. The van der Waals surface area contributed by atoms with E-state index in [1.807, 2.05) is 18.2 Å². The second-order valence-electron chi connectivity index (χ2n) is 6.84. The van der Waals surface area contributed by atoms with Crippen molar-refractivity contribution in [2.45, 2.75) is 46.1 Å². The summed E-state index contributed by atoms with van der Waals surface area (Å²) >= 11 is 0. The maximum atomic E-state index is 12.6. The average molecular weight is 300 g/mol. The molecule has 1 aliphatic carbocycles. The van der Waals surface area contributed by atoms with Crippen molar-refractivity contribution in [1.82, 2.24) is 9.55 Å². The minimum Gasteiger partial charge on any atom is -0.445 e. The fourth-order valence-corrected chi connectivity index (χ4v) is 3.56.